The lowest BCUT2D eigenvalue weighted by Gasteiger charge is -2.21. The Kier molecular flexibility index (Phi) is 3.14. The van der Waals surface area contributed by atoms with Gasteiger partial charge in [-0.1, -0.05) is 0 Å². The summed E-state index contributed by atoms with van der Waals surface area (Å²) >= 11 is 0. The first-order valence-electron chi connectivity index (χ1n) is 4.63. The van der Waals surface area contributed by atoms with Crippen LogP contribution >= 0.6 is 0 Å². The van der Waals surface area contributed by atoms with Crippen molar-refractivity contribution in [1.82, 2.24) is 5.06 Å². The van der Waals surface area contributed by atoms with Crippen molar-refractivity contribution < 1.29 is 14.4 Å². The molecule has 1 rings (SSSR count). The Hall–Kier alpha value is -0.770. The summed E-state index contributed by atoms with van der Waals surface area (Å²) < 4.78 is 5.00. The van der Waals surface area contributed by atoms with Crippen molar-refractivity contribution in [1.29, 1.82) is 0 Å². The molecule has 0 atom stereocenters. The lowest BCUT2D eigenvalue weighted by Crippen LogP contribution is -2.30. The Bertz CT molecular complexity index is 180. The highest BCUT2D eigenvalue weighted by Crippen LogP contribution is 2.12. The summed E-state index contributed by atoms with van der Waals surface area (Å²) in [6, 6.07) is 0. The first-order chi connectivity index (χ1) is 5.97. The van der Waals surface area contributed by atoms with E-state index in [9.17, 15) is 4.79 Å². The molecule has 0 aliphatic carbocycles. The van der Waals surface area contributed by atoms with Gasteiger partial charge in [0.05, 0.1) is 0 Å². The van der Waals surface area contributed by atoms with Gasteiger partial charge in [0.2, 0.25) is 0 Å². The molecule has 1 saturated heterocycles. The van der Waals surface area contributed by atoms with E-state index in [1.54, 1.807) is 5.06 Å². The van der Waals surface area contributed by atoms with Crippen molar-refractivity contribution in [3.8, 4) is 0 Å². The molecule has 4 heteroatoms. The van der Waals surface area contributed by atoms with Crippen LogP contribution < -0.4 is 0 Å². The van der Waals surface area contributed by atoms with Gasteiger partial charge in [0.25, 0.3) is 0 Å². The monoisotopic (exact) mass is 187 g/mol. The van der Waals surface area contributed by atoms with E-state index in [2.05, 4.69) is 0 Å². The zero-order chi connectivity index (χ0) is 9.90. The molecule has 4 nitrogen and oxygen atoms in total. The lowest BCUT2D eigenvalue weighted by atomic mass is 10.2. The van der Waals surface area contributed by atoms with Gasteiger partial charge in [0, 0.05) is 13.1 Å². The van der Waals surface area contributed by atoms with Crippen LogP contribution in [0.2, 0.25) is 0 Å². The van der Waals surface area contributed by atoms with E-state index < -0.39 is 11.8 Å². The molecule has 0 radical (unpaired) electrons. The predicted octanol–water partition coefficient (Wildman–Crippen LogP) is 1.95. The fourth-order valence-electron chi connectivity index (χ4n) is 1.15. The number of ether oxygens (including phenoxy) is 1. The second-order valence-electron chi connectivity index (χ2n) is 4.19. The molecule has 1 fully saturated rings. The molecule has 76 valence electrons. The van der Waals surface area contributed by atoms with E-state index >= 15 is 0 Å². The molecule has 1 aliphatic heterocycles. The molecular weight excluding hydrogens is 170 g/mol. The van der Waals surface area contributed by atoms with E-state index in [1.807, 2.05) is 20.8 Å². The minimum atomic E-state index is -0.602. The maximum Gasteiger partial charge on any atom is 0.528 e. The lowest BCUT2D eigenvalue weighted by molar-refractivity contribution is -0.129. The largest absolute Gasteiger partial charge is 0.528 e. The van der Waals surface area contributed by atoms with Gasteiger partial charge in [-0.15, -0.1) is 5.06 Å². The number of carbonyl (C=O) groups is 1. The fraction of sp³-hybridized carbons (Fsp3) is 0.889. The highest BCUT2D eigenvalue weighted by molar-refractivity contribution is 5.60. The highest BCUT2D eigenvalue weighted by Gasteiger charge is 2.22. The average Bonchev–Trinajstić information content (AvgIpc) is 2.34. The summed E-state index contributed by atoms with van der Waals surface area (Å²) in [5.41, 5.74) is -0.475. The second-order valence-corrected chi connectivity index (χ2v) is 4.19. The van der Waals surface area contributed by atoms with Crippen LogP contribution in [-0.4, -0.2) is 29.9 Å². The van der Waals surface area contributed by atoms with Crippen LogP contribution in [0.4, 0.5) is 4.79 Å². The number of rotatable bonds is 1. The number of carbonyl (C=O) groups excluding carboxylic acids is 1. The molecule has 0 aromatic rings. The van der Waals surface area contributed by atoms with Crippen LogP contribution in [0.1, 0.15) is 33.6 Å². The molecule has 0 aromatic carbocycles. The van der Waals surface area contributed by atoms with E-state index in [0.29, 0.717) is 0 Å². The molecule has 0 bridgehead atoms. The minimum absolute atomic E-state index is 0.475. The zero-order valence-corrected chi connectivity index (χ0v) is 8.50. The Morgan fingerprint density at radius 3 is 2.23 bits per heavy atom. The smallest absolute Gasteiger partial charge is 0.427 e. The molecule has 1 heterocycles. The van der Waals surface area contributed by atoms with Crippen LogP contribution in [0.15, 0.2) is 0 Å². The second kappa shape index (κ2) is 3.96. The van der Waals surface area contributed by atoms with Crippen molar-refractivity contribution in [3.63, 3.8) is 0 Å². The van der Waals surface area contributed by atoms with Crippen molar-refractivity contribution >= 4 is 6.16 Å². The topological polar surface area (TPSA) is 38.8 Å². The quantitative estimate of drug-likeness (QED) is 0.588. The summed E-state index contributed by atoms with van der Waals surface area (Å²) in [5.74, 6) is 0. The van der Waals surface area contributed by atoms with Gasteiger partial charge < -0.3 is 9.57 Å². The highest BCUT2D eigenvalue weighted by atomic mass is 16.8. The van der Waals surface area contributed by atoms with Gasteiger partial charge in [-0.3, -0.25) is 0 Å². The Morgan fingerprint density at radius 2 is 1.77 bits per heavy atom. The Balaban J connectivity index is 2.24. The standard InChI is InChI=1S/C9H17NO3/c1-9(2,3)12-8(11)13-10-6-4-5-7-10/h4-7H2,1-3H3. The van der Waals surface area contributed by atoms with Crippen LogP contribution in [0, 0.1) is 0 Å². The summed E-state index contributed by atoms with van der Waals surface area (Å²) in [7, 11) is 0. The third-order valence-corrected chi connectivity index (χ3v) is 1.66. The summed E-state index contributed by atoms with van der Waals surface area (Å²) in [4.78, 5) is 16.1. The molecule has 0 aromatic heterocycles. The Morgan fingerprint density at radius 1 is 1.23 bits per heavy atom. The molecule has 0 amide bonds. The maximum absolute atomic E-state index is 11.1. The van der Waals surface area contributed by atoms with Crippen LogP contribution in [0.3, 0.4) is 0 Å². The predicted molar refractivity (Wildman–Crippen MR) is 48.1 cm³/mol. The van der Waals surface area contributed by atoms with Crippen molar-refractivity contribution in [2.45, 2.75) is 39.2 Å². The molecule has 0 saturated carbocycles. The first-order valence-corrected chi connectivity index (χ1v) is 4.63. The van der Waals surface area contributed by atoms with E-state index in [0.717, 1.165) is 25.9 Å². The zero-order valence-electron chi connectivity index (χ0n) is 8.50. The van der Waals surface area contributed by atoms with Crippen LogP contribution in [0.5, 0.6) is 0 Å². The number of hydrogen-bond acceptors (Lipinski definition) is 4. The van der Waals surface area contributed by atoms with Gasteiger partial charge in [-0.05, 0) is 33.6 Å². The molecule has 1 aliphatic rings. The van der Waals surface area contributed by atoms with Crippen molar-refractivity contribution in [3.05, 3.63) is 0 Å². The summed E-state index contributed by atoms with van der Waals surface area (Å²) in [6.07, 6.45) is 1.57. The summed E-state index contributed by atoms with van der Waals surface area (Å²) in [6.45, 7) is 7.09. The first kappa shape index (κ1) is 10.3. The summed E-state index contributed by atoms with van der Waals surface area (Å²) in [5, 5.41) is 1.65. The van der Waals surface area contributed by atoms with Gasteiger partial charge in [-0.2, -0.15) is 0 Å². The number of hydrogen-bond donors (Lipinski definition) is 0. The normalized spacial score (nSPS) is 18.7. The van der Waals surface area contributed by atoms with Gasteiger partial charge >= 0.3 is 6.16 Å². The van der Waals surface area contributed by atoms with Gasteiger partial charge in [0.15, 0.2) is 0 Å². The molecule has 13 heavy (non-hydrogen) atoms. The maximum atomic E-state index is 11.1. The number of hydroxylamine groups is 2. The van der Waals surface area contributed by atoms with Gasteiger partial charge in [-0.25, -0.2) is 4.79 Å². The van der Waals surface area contributed by atoms with Crippen LogP contribution in [0.25, 0.3) is 0 Å². The van der Waals surface area contributed by atoms with Crippen molar-refractivity contribution in [2.75, 3.05) is 13.1 Å². The number of nitrogens with zero attached hydrogens (tertiary/aromatic N) is 1. The van der Waals surface area contributed by atoms with Crippen molar-refractivity contribution in [2.24, 2.45) is 0 Å². The van der Waals surface area contributed by atoms with Gasteiger partial charge in [0.1, 0.15) is 5.60 Å². The average molecular weight is 187 g/mol. The fourth-order valence-corrected chi connectivity index (χ4v) is 1.15. The Labute approximate surface area is 78.8 Å². The molecule has 0 N–H and O–H groups in total. The third kappa shape index (κ3) is 4.12. The van der Waals surface area contributed by atoms with E-state index in [-0.39, 0.29) is 0 Å². The van der Waals surface area contributed by atoms with E-state index in [1.165, 1.54) is 0 Å². The molecule has 0 spiro atoms. The minimum Gasteiger partial charge on any atom is -0.427 e. The molecule has 0 unspecified atom stereocenters. The van der Waals surface area contributed by atoms with E-state index in [4.69, 9.17) is 9.57 Å². The molecular formula is C9H17NO3. The third-order valence-electron chi connectivity index (χ3n) is 1.66. The van der Waals surface area contributed by atoms with Crippen LogP contribution in [-0.2, 0) is 9.57 Å². The SMILES string of the molecule is CC(C)(C)OC(=O)ON1CCCC1.